The number of anilines is 1. The maximum Gasteiger partial charge on any atom is 0.230 e. The molecule has 7 heteroatoms. The predicted octanol–water partition coefficient (Wildman–Crippen LogP) is 4.36. The highest BCUT2D eigenvalue weighted by Crippen LogP contribution is 2.31. The number of amides is 1. The molecule has 0 radical (unpaired) electrons. The average Bonchev–Trinajstić information content (AvgIpc) is 3.07. The van der Waals surface area contributed by atoms with Crippen LogP contribution in [-0.2, 0) is 11.2 Å². The van der Waals surface area contributed by atoms with Gasteiger partial charge >= 0.3 is 0 Å². The summed E-state index contributed by atoms with van der Waals surface area (Å²) in [5, 5.41) is 6.17. The van der Waals surface area contributed by atoms with Gasteiger partial charge in [-0.05, 0) is 30.7 Å². The highest BCUT2D eigenvalue weighted by atomic mass is 35.5. The molecule has 25 heavy (non-hydrogen) atoms. The van der Waals surface area contributed by atoms with E-state index < -0.39 is 0 Å². The van der Waals surface area contributed by atoms with Crippen LogP contribution in [0.5, 0.6) is 5.75 Å². The summed E-state index contributed by atoms with van der Waals surface area (Å²) in [6.07, 6.45) is 3.65. The number of benzene rings is 1. The van der Waals surface area contributed by atoms with E-state index in [-0.39, 0.29) is 12.3 Å². The number of aryl methyl sites for hydroxylation is 1. The first-order chi connectivity index (χ1) is 12.1. The first-order valence-electron chi connectivity index (χ1n) is 7.55. The summed E-state index contributed by atoms with van der Waals surface area (Å²) in [6.45, 7) is 1.87. The second-order valence-electron chi connectivity index (χ2n) is 5.41. The largest absolute Gasteiger partial charge is 0.495 e. The van der Waals surface area contributed by atoms with Crippen LogP contribution >= 0.6 is 22.9 Å². The molecule has 2 heterocycles. The molecule has 0 fully saturated rings. The van der Waals surface area contributed by atoms with Crippen LogP contribution in [-0.4, -0.2) is 23.0 Å². The standard InChI is InChI=1S/C18H16ClN3O2S/c1-11-6-15(16(24-2)8-14(11)19)22-17(23)7-13-10-25-18(21-13)12-4-3-5-20-9-12/h3-6,8-10H,7H2,1-2H3,(H,22,23). The van der Waals surface area contributed by atoms with E-state index in [9.17, 15) is 4.79 Å². The molecule has 0 bridgehead atoms. The molecule has 0 unspecified atom stereocenters. The molecule has 3 aromatic rings. The van der Waals surface area contributed by atoms with E-state index in [0.29, 0.717) is 22.2 Å². The van der Waals surface area contributed by atoms with Gasteiger partial charge in [-0.2, -0.15) is 0 Å². The summed E-state index contributed by atoms with van der Waals surface area (Å²) in [4.78, 5) is 20.9. The van der Waals surface area contributed by atoms with Crippen LogP contribution in [0.15, 0.2) is 42.0 Å². The third-order valence-corrected chi connectivity index (χ3v) is 4.90. The molecule has 2 aromatic heterocycles. The Balaban J connectivity index is 1.72. The van der Waals surface area contributed by atoms with Crippen molar-refractivity contribution in [3.63, 3.8) is 0 Å². The molecule has 3 rings (SSSR count). The summed E-state index contributed by atoms with van der Waals surface area (Å²) < 4.78 is 5.27. The Morgan fingerprint density at radius 2 is 2.24 bits per heavy atom. The van der Waals surface area contributed by atoms with Gasteiger partial charge in [0.1, 0.15) is 10.8 Å². The Morgan fingerprint density at radius 1 is 1.40 bits per heavy atom. The lowest BCUT2D eigenvalue weighted by Gasteiger charge is -2.11. The Bertz CT molecular complexity index is 897. The Morgan fingerprint density at radius 3 is 2.96 bits per heavy atom. The number of hydrogen-bond acceptors (Lipinski definition) is 5. The maximum atomic E-state index is 12.3. The SMILES string of the molecule is COc1cc(Cl)c(C)cc1NC(=O)Cc1csc(-c2cccnc2)n1. The van der Waals surface area contributed by atoms with Crippen molar-refractivity contribution in [1.29, 1.82) is 0 Å². The van der Waals surface area contributed by atoms with Crippen LogP contribution in [0, 0.1) is 6.92 Å². The molecule has 0 aliphatic carbocycles. The molecule has 0 aliphatic heterocycles. The number of thiazole rings is 1. The van der Waals surface area contributed by atoms with Crippen molar-refractivity contribution in [2.75, 3.05) is 12.4 Å². The van der Waals surface area contributed by atoms with Crippen LogP contribution in [0.2, 0.25) is 5.02 Å². The second kappa shape index (κ2) is 7.63. The molecule has 1 N–H and O–H groups in total. The van der Waals surface area contributed by atoms with E-state index in [1.165, 1.54) is 18.4 Å². The van der Waals surface area contributed by atoms with E-state index in [1.54, 1.807) is 24.5 Å². The van der Waals surface area contributed by atoms with Gasteiger partial charge in [0.2, 0.25) is 5.91 Å². The maximum absolute atomic E-state index is 12.3. The fraction of sp³-hybridized carbons (Fsp3) is 0.167. The molecule has 0 saturated carbocycles. The highest BCUT2D eigenvalue weighted by Gasteiger charge is 2.13. The van der Waals surface area contributed by atoms with Gasteiger partial charge in [0, 0.05) is 34.4 Å². The summed E-state index contributed by atoms with van der Waals surface area (Å²) in [5.74, 6) is 0.362. The second-order valence-corrected chi connectivity index (χ2v) is 6.68. The Hall–Kier alpha value is -2.44. The number of ether oxygens (including phenoxy) is 1. The zero-order valence-electron chi connectivity index (χ0n) is 13.7. The monoisotopic (exact) mass is 373 g/mol. The number of methoxy groups -OCH3 is 1. The minimum Gasteiger partial charge on any atom is -0.495 e. The van der Waals surface area contributed by atoms with Gasteiger partial charge in [-0.3, -0.25) is 9.78 Å². The number of nitrogens with one attached hydrogen (secondary N) is 1. The number of halogens is 1. The van der Waals surface area contributed by atoms with E-state index in [2.05, 4.69) is 15.3 Å². The number of nitrogens with zero attached hydrogens (tertiary/aromatic N) is 2. The fourth-order valence-corrected chi connectivity index (χ4v) is 3.26. The number of carbonyl (C=O) groups excluding carboxylic acids is 1. The topological polar surface area (TPSA) is 64.1 Å². The van der Waals surface area contributed by atoms with Crippen LogP contribution in [0.1, 0.15) is 11.3 Å². The van der Waals surface area contributed by atoms with Gasteiger partial charge in [-0.1, -0.05) is 11.6 Å². The van der Waals surface area contributed by atoms with Crippen molar-refractivity contribution in [3.8, 4) is 16.3 Å². The van der Waals surface area contributed by atoms with Crippen LogP contribution in [0.3, 0.4) is 0 Å². The van der Waals surface area contributed by atoms with Crippen LogP contribution in [0.25, 0.3) is 10.6 Å². The number of carbonyl (C=O) groups is 1. The quantitative estimate of drug-likeness (QED) is 0.721. The molecule has 1 amide bonds. The molecular weight excluding hydrogens is 358 g/mol. The summed E-state index contributed by atoms with van der Waals surface area (Å²) >= 11 is 7.58. The van der Waals surface area contributed by atoms with Crippen molar-refractivity contribution in [2.24, 2.45) is 0 Å². The smallest absolute Gasteiger partial charge is 0.230 e. The average molecular weight is 374 g/mol. The number of rotatable bonds is 5. The van der Waals surface area contributed by atoms with Gasteiger partial charge in [-0.25, -0.2) is 4.98 Å². The predicted molar refractivity (Wildman–Crippen MR) is 100 cm³/mol. The van der Waals surface area contributed by atoms with Crippen molar-refractivity contribution >= 4 is 34.5 Å². The minimum absolute atomic E-state index is 0.164. The number of aromatic nitrogens is 2. The lowest BCUT2D eigenvalue weighted by atomic mass is 10.2. The lowest BCUT2D eigenvalue weighted by Crippen LogP contribution is -2.15. The Kier molecular flexibility index (Phi) is 5.31. The third-order valence-electron chi connectivity index (χ3n) is 3.56. The summed E-state index contributed by atoms with van der Waals surface area (Å²) in [7, 11) is 1.54. The Labute approximate surface area is 154 Å². The molecular formula is C18H16ClN3O2S. The highest BCUT2D eigenvalue weighted by molar-refractivity contribution is 7.13. The van der Waals surface area contributed by atoms with Crippen molar-refractivity contribution in [3.05, 3.63) is 58.3 Å². The number of pyridine rings is 1. The van der Waals surface area contributed by atoms with E-state index >= 15 is 0 Å². The molecule has 0 aliphatic rings. The molecule has 0 spiro atoms. The van der Waals surface area contributed by atoms with Crippen molar-refractivity contribution in [2.45, 2.75) is 13.3 Å². The summed E-state index contributed by atoms with van der Waals surface area (Å²) in [6, 6.07) is 7.28. The molecule has 0 saturated heterocycles. The zero-order chi connectivity index (χ0) is 17.8. The van der Waals surface area contributed by atoms with Gasteiger partial charge in [0.05, 0.1) is 24.9 Å². The lowest BCUT2D eigenvalue weighted by molar-refractivity contribution is -0.115. The number of hydrogen-bond donors (Lipinski definition) is 1. The van der Waals surface area contributed by atoms with Gasteiger partial charge in [0.25, 0.3) is 0 Å². The van der Waals surface area contributed by atoms with Gasteiger partial charge in [0.15, 0.2) is 0 Å². The fourth-order valence-electron chi connectivity index (χ4n) is 2.30. The van der Waals surface area contributed by atoms with Gasteiger partial charge in [-0.15, -0.1) is 11.3 Å². The van der Waals surface area contributed by atoms with E-state index in [0.717, 1.165) is 16.1 Å². The summed E-state index contributed by atoms with van der Waals surface area (Å²) in [5.41, 5.74) is 3.11. The van der Waals surface area contributed by atoms with Crippen LogP contribution in [0.4, 0.5) is 5.69 Å². The third kappa shape index (κ3) is 4.15. The van der Waals surface area contributed by atoms with Gasteiger partial charge < -0.3 is 10.1 Å². The molecule has 1 aromatic carbocycles. The van der Waals surface area contributed by atoms with Crippen molar-refractivity contribution < 1.29 is 9.53 Å². The minimum atomic E-state index is -0.164. The molecule has 0 atom stereocenters. The molecule has 128 valence electrons. The first-order valence-corrected chi connectivity index (χ1v) is 8.81. The van der Waals surface area contributed by atoms with E-state index in [4.69, 9.17) is 16.3 Å². The molecule has 5 nitrogen and oxygen atoms in total. The normalized spacial score (nSPS) is 10.5. The van der Waals surface area contributed by atoms with Crippen molar-refractivity contribution in [1.82, 2.24) is 9.97 Å². The van der Waals surface area contributed by atoms with Crippen LogP contribution < -0.4 is 10.1 Å². The first kappa shape index (κ1) is 17.4. The van der Waals surface area contributed by atoms with E-state index in [1.807, 2.05) is 24.4 Å². The zero-order valence-corrected chi connectivity index (χ0v) is 15.3.